The number of hydrogen-bond acceptors (Lipinski definition) is 3. The number of aromatic hydroxyl groups is 1. The van der Waals surface area contributed by atoms with Crippen LogP contribution in [-0.2, 0) is 0 Å². The second kappa shape index (κ2) is 6.21. The van der Waals surface area contributed by atoms with Crippen LogP contribution in [0.2, 0.25) is 5.02 Å². The number of phenols is 1. The van der Waals surface area contributed by atoms with Gasteiger partial charge in [-0.25, -0.2) is 5.43 Å². The Balaban J connectivity index is 2.11. The van der Waals surface area contributed by atoms with Gasteiger partial charge in [0.15, 0.2) is 0 Å². The standard InChI is InChI=1S/C15H13ClN2O2/c1-10(11-6-8-12(16)9-7-11)17-18-15(20)13-4-2-3-5-14(13)19/h2-9,19H,1H3,(H,18,20)/b17-10+. The number of carbonyl (C=O) groups is 1. The number of amides is 1. The van der Waals surface area contributed by atoms with Crippen molar-refractivity contribution in [1.29, 1.82) is 0 Å². The van der Waals surface area contributed by atoms with Crippen LogP contribution in [0.15, 0.2) is 53.6 Å². The maximum absolute atomic E-state index is 11.9. The molecule has 5 heteroatoms. The van der Waals surface area contributed by atoms with Gasteiger partial charge >= 0.3 is 0 Å². The normalized spacial score (nSPS) is 11.2. The summed E-state index contributed by atoms with van der Waals surface area (Å²) in [5.74, 6) is -0.541. The molecule has 2 aromatic rings. The third-order valence-corrected chi connectivity index (χ3v) is 2.99. The lowest BCUT2D eigenvalue weighted by atomic mass is 10.1. The molecule has 0 unspecified atom stereocenters. The van der Waals surface area contributed by atoms with Gasteiger partial charge in [-0.2, -0.15) is 5.10 Å². The van der Waals surface area contributed by atoms with Crippen LogP contribution in [0.5, 0.6) is 5.75 Å². The maximum Gasteiger partial charge on any atom is 0.275 e. The Kier molecular flexibility index (Phi) is 4.38. The molecule has 0 aromatic heterocycles. The van der Waals surface area contributed by atoms with Crippen LogP contribution in [0.4, 0.5) is 0 Å². The minimum atomic E-state index is -0.462. The van der Waals surface area contributed by atoms with Gasteiger partial charge in [-0.1, -0.05) is 35.9 Å². The number of rotatable bonds is 3. The first-order chi connectivity index (χ1) is 9.58. The summed E-state index contributed by atoms with van der Waals surface area (Å²) in [6, 6.07) is 13.4. The summed E-state index contributed by atoms with van der Waals surface area (Å²) in [6.07, 6.45) is 0. The van der Waals surface area contributed by atoms with Gasteiger partial charge in [-0.15, -0.1) is 0 Å². The average molecular weight is 289 g/mol. The summed E-state index contributed by atoms with van der Waals surface area (Å²) >= 11 is 5.80. The minimum Gasteiger partial charge on any atom is -0.507 e. The predicted molar refractivity (Wildman–Crippen MR) is 79.2 cm³/mol. The lowest BCUT2D eigenvalue weighted by molar-refractivity contribution is 0.0952. The Bertz CT molecular complexity index is 651. The minimum absolute atomic E-state index is 0.0793. The van der Waals surface area contributed by atoms with Gasteiger partial charge in [0, 0.05) is 5.02 Å². The number of nitrogens with zero attached hydrogens (tertiary/aromatic N) is 1. The zero-order valence-corrected chi connectivity index (χ0v) is 11.6. The fourth-order valence-corrected chi connectivity index (χ4v) is 1.74. The Morgan fingerprint density at radius 3 is 2.45 bits per heavy atom. The van der Waals surface area contributed by atoms with E-state index in [0.717, 1.165) is 5.56 Å². The molecule has 0 fully saturated rings. The molecule has 0 atom stereocenters. The van der Waals surface area contributed by atoms with Crippen LogP contribution in [0.1, 0.15) is 22.8 Å². The van der Waals surface area contributed by atoms with E-state index < -0.39 is 5.91 Å². The molecule has 0 aliphatic heterocycles. The number of hydrazone groups is 1. The number of halogens is 1. The molecule has 4 nitrogen and oxygen atoms in total. The van der Waals surface area contributed by atoms with Crippen molar-refractivity contribution in [2.75, 3.05) is 0 Å². The summed E-state index contributed by atoms with van der Waals surface area (Å²) in [5, 5.41) is 14.2. The summed E-state index contributed by atoms with van der Waals surface area (Å²) in [5.41, 5.74) is 4.09. The zero-order valence-electron chi connectivity index (χ0n) is 10.8. The summed E-state index contributed by atoms with van der Waals surface area (Å²) < 4.78 is 0. The Morgan fingerprint density at radius 2 is 1.80 bits per heavy atom. The molecule has 102 valence electrons. The molecule has 2 aromatic carbocycles. The third-order valence-electron chi connectivity index (χ3n) is 2.74. The van der Waals surface area contributed by atoms with E-state index in [1.165, 1.54) is 12.1 Å². The molecule has 2 rings (SSSR count). The number of para-hydroxylation sites is 1. The second-order valence-electron chi connectivity index (χ2n) is 4.16. The molecule has 0 aliphatic rings. The lowest BCUT2D eigenvalue weighted by Gasteiger charge is -2.04. The van der Waals surface area contributed by atoms with Crippen LogP contribution in [0, 0.1) is 0 Å². The first-order valence-electron chi connectivity index (χ1n) is 5.96. The van der Waals surface area contributed by atoms with Crippen LogP contribution < -0.4 is 5.43 Å². The highest BCUT2D eigenvalue weighted by Gasteiger charge is 2.09. The highest BCUT2D eigenvalue weighted by molar-refractivity contribution is 6.30. The number of hydrogen-bond donors (Lipinski definition) is 2. The van der Waals surface area contributed by atoms with Crippen LogP contribution in [0.25, 0.3) is 0 Å². The molecule has 1 amide bonds. The van der Waals surface area contributed by atoms with E-state index in [9.17, 15) is 9.90 Å². The van der Waals surface area contributed by atoms with Crippen molar-refractivity contribution in [2.45, 2.75) is 6.92 Å². The van der Waals surface area contributed by atoms with Crippen LogP contribution in [-0.4, -0.2) is 16.7 Å². The lowest BCUT2D eigenvalue weighted by Crippen LogP contribution is -2.19. The molecule has 20 heavy (non-hydrogen) atoms. The SMILES string of the molecule is C/C(=N\NC(=O)c1ccccc1O)c1ccc(Cl)cc1. The number of benzene rings is 2. The summed E-state index contributed by atoms with van der Waals surface area (Å²) in [7, 11) is 0. The van der Waals surface area contributed by atoms with Gasteiger partial charge in [0.2, 0.25) is 0 Å². The maximum atomic E-state index is 11.9. The molecule has 0 aliphatic carbocycles. The van der Waals surface area contributed by atoms with Gasteiger partial charge < -0.3 is 5.11 Å². The van der Waals surface area contributed by atoms with Gasteiger partial charge in [0.25, 0.3) is 5.91 Å². The van der Waals surface area contributed by atoms with Crippen LogP contribution in [0.3, 0.4) is 0 Å². The van der Waals surface area contributed by atoms with E-state index in [4.69, 9.17) is 11.6 Å². The van der Waals surface area contributed by atoms with E-state index >= 15 is 0 Å². The van der Waals surface area contributed by atoms with Crippen LogP contribution >= 0.6 is 11.6 Å². The Morgan fingerprint density at radius 1 is 1.15 bits per heavy atom. The molecule has 0 spiro atoms. The number of phenolic OH excluding ortho intramolecular Hbond substituents is 1. The fourth-order valence-electron chi connectivity index (χ4n) is 1.62. The highest BCUT2D eigenvalue weighted by Crippen LogP contribution is 2.15. The van der Waals surface area contributed by atoms with E-state index in [1.54, 1.807) is 31.2 Å². The smallest absolute Gasteiger partial charge is 0.275 e. The second-order valence-corrected chi connectivity index (χ2v) is 4.60. The Labute approximate surface area is 121 Å². The highest BCUT2D eigenvalue weighted by atomic mass is 35.5. The molecule has 0 saturated carbocycles. The molecule has 2 N–H and O–H groups in total. The quantitative estimate of drug-likeness (QED) is 0.673. The molecule has 0 bridgehead atoms. The van der Waals surface area contributed by atoms with Crippen molar-refractivity contribution in [3.63, 3.8) is 0 Å². The summed E-state index contributed by atoms with van der Waals surface area (Å²) in [4.78, 5) is 11.9. The predicted octanol–water partition coefficient (Wildman–Crippen LogP) is 3.20. The molecular formula is C15H13ClN2O2. The van der Waals surface area contributed by atoms with Gasteiger partial charge in [0.1, 0.15) is 5.75 Å². The topological polar surface area (TPSA) is 61.7 Å². The fraction of sp³-hybridized carbons (Fsp3) is 0.0667. The first-order valence-corrected chi connectivity index (χ1v) is 6.34. The van der Waals surface area contributed by atoms with Crippen molar-refractivity contribution < 1.29 is 9.90 Å². The van der Waals surface area contributed by atoms with Crippen molar-refractivity contribution in [1.82, 2.24) is 5.43 Å². The van der Waals surface area contributed by atoms with E-state index in [-0.39, 0.29) is 11.3 Å². The zero-order chi connectivity index (χ0) is 14.5. The van der Waals surface area contributed by atoms with Gasteiger partial charge in [0.05, 0.1) is 11.3 Å². The number of carbonyl (C=O) groups excluding carboxylic acids is 1. The van der Waals surface area contributed by atoms with Gasteiger partial charge in [-0.05, 0) is 36.8 Å². The molecule has 0 radical (unpaired) electrons. The Hall–Kier alpha value is -2.33. The van der Waals surface area contributed by atoms with Crippen molar-refractivity contribution in [3.8, 4) is 5.75 Å². The summed E-state index contributed by atoms with van der Waals surface area (Å²) in [6.45, 7) is 1.77. The number of nitrogens with one attached hydrogen (secondary N) is 1. The first kappa shape index (κ1) is 14.1. The van der Waals surface area contributed by atoms with Gasteiger partial charge in [-0.3, -0.25) is 4.79 Å². The average Bonchev–Trinajstić information content (AvgIpc) is 2.45. The van der Waals surface area contributed by atoms with Crippen molar-refractivity contribution in [3.05, 3.63) is 64.7 Å². The molecule has 0 heterocycles. The largest absolute Gasteiger partial charge is 0.507 e. The van der Waals surface area contributed by atoms with Crippen molar-refractivity contribution in [2.24, 2.45) is 5.10 Å². The molecular weight excluding hydrogens is 276 g/mol. The van der Waals surface area contributed by atoms with Crippen molar-refractivity contribution >= 4 is 23.2 Å². The third kappa shape index (κ3) is 3.36. The van der Waals surface area contributed by atoms with E-state index in [0.29, 0.717) is 10.7 Å². The van der Waals surface area contributed by atoms with E-state index in [2.05, 4.69) is 10.5 Å². The molecule has 0 saturated heterocycles. The monoisotopic (exact) mass is 288 g/mol. The van der Waals surface area contributed by atoms with E-state index in [1.807, 2.05) is 12.1 Å².